The third-order valence-electron chi connectivity index (χ3n) is 3.48. The Morgan fingerprint density at radius 1 is 1.15 bits per heavy atom. The number of halogens is 2. The molecule has 0 amide bonds. The fraction of sp³-hybridized carbons (Fsp3) is 0.125. The van der Waals surface area contributed by atoms with Gasteiger partial charge in [-0.05, 0) is 42.0 Å². The molecule has 0 fully saturated rings. The molecular weight excluding hydrogens is 399 g/mol. The van der Waals surface area contributed by atoms with Gasteiger partial charge >= 0.3 is 0 Å². The van der Waals surface area contributed by atoms with Crippen molar-refractivity contribution in [3.05, 3.63) is 64.4 Å². The van der Waals surface area contributed by atoms with Crippen LogP contribution < -0.4 is 9.46 Å². The van der Waals surface area contributed by atoms with Crippen molar-refractivity contribution >= 4 is 39.2 Å². The highest BCUT2D eigenvalue weighted by molar-refractivity contribution is 7.92. The van der Waals surface area contributed by atoms with Crippen LogP contribution in [0.3, 0.4) is 0 Å². The molecule has 7 nitrogen and oxygen atoms in total. The van der Waals surface area contributed by atoms with E-state index < -0.39 is 10.0 Å². The van der Waals surface area contributed by atoms with E-state index in [9.17, 15) is 8.42 Å². The minimum absolute atomic E-state index is 0.0362. The van der Waals surface area contributed by atoms with Gasteiger partial charge < -0.3 is 4.74 Å². The highest BCUT2D eigenvalue weighted by atomic mass is 35.5. The van der Waals surface area contributed by atoms with Gasteiger partial charge in [0.1, 0.15) is 12.1 Å². The number of anilines is 1. The van der Waals surface area contributed by atoms with Crippen LogP contribution in [0.2, 0.25) is 10.0 Å². The predicted octanol–water partition coefficient (Wildman–Crippen LogP) is 3.44. The zero-order chi connectivity index (χ0) is 18.7. The van der Waals surface area contributed by atoms with Crippen LogP contribution in [-0.2, 0) is 16.6 Å². The molecule has 2 aromatic carbocycles. The maximum Gasteiger partial charge on any atom is 0.264 e. The summed E-state index contributed by atoms with van der Waals surface area (Å²) in [6.07, 6.45) is 1.41. The first-order valence-electron chi connectivity index (χ1n) is 7.37. The Morgan fingerprint density at radius 2 is 1.88 bits per heavy atom. The molecule has 3 aromatic rings. The number of methoxy groups -OCH3 is 1. The second kappa shape index (κ2) is 7.53. The lowest BCUT2D eigenvalue weighted by molar-refractivity contribution is 0.414. The summed E-state index contributed by atoms with van der Waals surface area (Å²) in [7, 11) is -2.29. The number of sulfonamides is 1. The van der Waals surface area contributed by atoms with E-state index in [0.29, 0.717) is 22.3 Å². The molecule has 1 heterocycles. The number of aromatic nitrogens is 3. The van der Waals surface area contributed by atoms with Crippen molar-refractivity contribution in [2.24, 2.45) is 0 Å². The molecule has 0 aliphatic carbocycles. The molecule has 0 atom stereocenters. The number of hydrogen-bond acceptors (Lipinski definition) is 5. The second-order valence-corrected chi connectivity index (χ2v) is 7.81. The van der Waals surface area contributed by atoms with Crippen LogP contribution >= 0.6 is 23.2 Å². The van der Waals surface area contributed by atoms with E-state index in [1.165, 1.54) is 30.3 Å². The van der Waals surface area contributed by atoms with Crippen LogP contribution in [0.15, 0.2) is 53.7 Å². The number of benzene rings is 2. The highest BCUT2D eigenvalue weighted by Crippen LogP contribution is 2.22. The quantitative estimate of drug-likeness (QED) is 0.669. The predicted molar refractivity (Wildman–Crippen MR) is 99.4 cm³/mol. The van der Waals surface area contributed by atoms with E-state index in [1.54, 1.807) is 30.3 Å². The molecule has 1 aromatic heterocycles. The number of nitrogens with zero attached hydrogens (tertiary/aromatic N) is 3. The summed E-state index contributed by atoms with van der Waals surface area (Å²) < 4.78 is 33.6. The van der Waals surface area contributed by atoms with Crippen molar-refractivity contribution in [2.45, 2.75) is 11.4 Å². The van der Waals surface area contributed by atoms with E-state index in [0.717, 1.165) is 5.56 Å². The van der Waals surface area contributed by atoms with E-state index in [2.05, 4.69) is 14.8 Å². The lowest BCUT2D eigenvalue weighted by atomic mass is 10.2. The van der Waals surface area contributed by atoms with Crippen LogP contribution in [0, 0.1) is 0 Å². The lowest BCUT2D eigenvalue weighted by Crippen LogP contribution is -2.14. The Kier molecular flexibility index (Phi) is 5.36. The van der Waals surface area contributed by atoms with Gasteiger partial charge in [0.15, 0.2) is 0 Å². The summed E-state index contributed by atoms with van der Waals surface area (Å²) in [6, 6.07) is 11.1. The van der Waals surface area contributed by atoms with Gasteiger partial charge in [-0.15, -0.1) is 5.10 Å². The van der Waals surface area contributed by atoms with Gasteiger partial charge in [0.2, 0.25) is 0 Å². The van der Waals surface area contributed by atoms with Crippen molar-refractivity contribution in [2.75, 3.05) is 11.8 Å². The van der Waals surface area contributed by atoms with E-state index in [4.69, 9.17) is 27.9 Å². The molecule has 0 aliphatic rings. The van der Waals surface area contributed by atoms with Crippen LogP contribution in [0.5, 0.6) is 5.75 Å². The SMILES string of the molecule is COc1ccc(S(=O)(=O)Nc2ncn(Cc3ccc(Cl)cc3Cl)n2)cc1. The average Bonchev–Trinajstić information content (AvgIpc) is 3.04. The molecule has 0 bridgehead atoms. The maximum absolute atomic E-state index is 12.4. The topological polar surface area (TPSA) is 86.1 Å². The zero-order valence-corrected chi connectivity index (χ0v) is 15.9. The van der Waals surface area contributed by atoms with Gasteiger partial charge in [-0.3, -0.25) is 0 Å². The largest absolute Gasteiger partial charge is 0.497 e. The summed E-state index contributed by atoms with van der Waals surface area (Å²) in [6.45, 7) is 0.327. The number of ether oxygens (including phenoxy) is 1. The Bertz CT molecular complexity index is 1020. The molecule has 10 heteroatoms. The standard InChI is InChI=1S/C16H14Cl2N4O3S/c1-25-13-4-6-14(7-5-13)26(23,24)21-16-19-10-22(20-16)9-11-2-3-12(17)8-15(11)18/h2-8,10H,9H2,1H3,(H,20,21). The van der Waals surface area contributed by atoms with Crippen LogP contribution in [0.1, 0.15) is 5.56 Å². The Balaban J connectivity index is 1.74. The Labute approximate surface area is 160 Å². The highest BCUT2D eigenvalue weighted by Gasteiger charge is 2.16. The molecule has 26 heavy (non-hydrogen) atoms. The molecule has 0 unspecified atom stereocenters. The Morgan fingerprint density at radius 3 is 2.54 bits per heavy atom. The van der Waals surface area contributed by atoms with Crippen molar-refractivity contribution in [3.63, 3.8) is 0 Å². The monoisotopic (exact) mass is 412 g/mol. The first kappa shape index (κ1) is 18.5. The summed E-state index contributed by atoms with van der Waals surface area (Å²) >= 11 is 12.0. The summed E-state index contributed by atoms with van der Waals surface area (Å²) in [4.78, 5) is 4.05. The number of nitrogens with one attached hydrogen (secondary N) is 1. The summed E-state index contributed by atoms with van der Waals surface area (Å²) in [5, 5.41) is 5.14. The molecule has 3 rings (SSSR count). The van der Waals surface area contributed by atoms with Crippen molar-refractivity contribution in [3.8, 4) is 5.75 Å². The number of hydrogen-bond donors (Lipinski definition) is 1. The molecular formula is C16H14Cl2N4O3S. The lowest BCUT2D eigenvalue weighted by Gasteiger charge is -2.06. The number of rotatable bonds is 6. The van der Waals surface area contributed by atoms with Crippen LogP contribution in [0.25, 0.3) is 0 Å². The average molecular weight is 413 g/mol. The van der Waals surface area contributed by atoms with Crippen LogP contribution in [0.4, 0.5) is 5.95 Å². The van der Waals surface area contributed by atoms with Crippen LogP contribution in [-0.4, -0.2) is 30.3 Å². The van der Waals surface area contributed by atoms with Crippen molar-refractivity contribution < 1.29 is 13.2 Å². The molecule has 0 radical (unpaired) electrons. The molecule has 0 spiro atoms. The Hall–Kier alpha value is -2.29. The van der Waals surface area contributed by atoms with Gasteiger partial charge in [-0.1, -0.05) is 29.3 Å². The van der Waals surface area contributed by atoms with Crippen molar-refractivity contribution in [1.82, 2.24) is 14.8 Å². The first-order chi connectivity index (χ1) is 12.4. The van der Waals surface area contributed by atoms with Gasteiger partial charge in [0.25, 0.3) is 16.0 Å². The van der Waals surface area contributed by atoms with Gasteiger partial charge in [-0.2, -0.15) is 4.98 Å². The molecule has 0 aliphatic heterocycles. The third-order valence-corrected chi connectivity index (χ3v) is 5.41. The molecule has 1 N–H and O–H groups in total. The van der Waals surface area contributed by atoms with E-state index in [1.807, 2.05) is 0 Å². The fourth-order valence-corrected chi connectivity index (χ4v) is 3.59. The minimum atomic E-state index is -3.80. The second-order valence-electron chi connectivity index (χ2n) is 5.28. The first-order valence-corrected chi connectivity index (χ1v) is 9.61. The van der Waals surface area contributed by atoms with Gasteiger partial charge in [0.05, 0.1) is 18.6 Å². The van der Waals surface area contributed by atoms with E-state index >= 15 is 0 Å². The van der Waals surface area contributed by atoms with Gasteiger partial charge in [-0.25, -0.2) is 17.8 Å². The summed E-state index contributed by atoms with van der Waals surface area (Å²) in [5.74, 6) is 0.525. The molecule has 0 saturated heterocycles. The zero-order valence-electron chi connectivity index (χ0n) is 13.6. The smallest absolute Gasteiger partial charge is 0.264 e. The third kappa shape index (κ3) is 4.27. The normalized spacial score (nSPS) is 11.3. The van der Waals surface area contributed by atoms with Crippen molar-refractivity contribution in [1.29, 1.82) is 0 Å². The van der Waals surface area contributed by atoms with E-state index in [-0.39, 0.29) is 10.8 Å². The minimum Gasteiger partial charge on any atom is -0.497 e. The maximum atomic E-state index is 12.4. The summed E-state index contributed by atoms with van der Waals surface area (Å²) in [5.41, 5.74) is 0.783. The molecule has 0 saturated carbocycles. The molecule has 136 valence electrons. The fourth-order valence-electron chi connectivity index (χ4n) is 2.18. The van der Waals surface area contributed by atoms with Gasteiger partial charge in [0, 0.05) is 10.0 Å².